The van der Waals surface area contributed by atoms with Crippen LogP contribution in [0.15, 0.2) is 18.2 Å². The lowest BCUT2D eigenvalue weighted by atomic mass is 9.82. The van der Waals surface area contributed by atoms with E-state index >= 15 is 0 Å². The summed E-state index contributed by atoms with van der Waals surface area (Å²) in [5.74, 6) is 0. The molecule has 0 radical (unpaired) electrons. The molecule has 1 saturated heterocycles. The van der Waals surface area contributed by atoms with Gasteiger partial charge in [0.05, 0.1) is 0 Å². The maximum Gasteiger partial charge on any atom is 0.0458 e. The molecule has 1 atom stereocenters. The second kappa shape index (κ2) is 3.73. The zero-order valence-corrected chi connectivity index (χ0v) is 9.62. The maximum absolute atomic E-state index is 6.19. The Balaban J connectivity index is 2.49. The average molecular weight is 230 g/mol. The van der Waals surface area contributed by atoms with Crippen molar-refractivity contribution in [1.29, 1.82) is 0 Å². The summed E-state index contributed by atoms with van der Waals surface area (Å²) >= 11 is 12.4. The number of hydrogen-bond acceptors (Lipinski definition) is 1. The van der Waals surface area contributed by atoms with Gasteiger partial charge in [-0.3, -0.25) is 0 Å². The first-order chi connectivity index (χ1) is 6.63. The van der Waals surface area contributed by atoms with E-state index in [0.29, 0.717) is 0 Å². The van der Waals surface area contributed by atoms with E-state index in [1.165, 1.54) is 0 Å². The largest absolute Gasteiger partial charge is 0.316 e. The van der Waals surface area contributed by atoms with Crippen molar-refractivity contribution in [3.8, 4) is 0 Å². The summed E-state index contributed by atoms with van der Waals surface area (Å²) < 4.78 is 0. The van der Waals surface area contributed by atoms with Gasteiger partial charge in [-0.15, -0.1) is 0 Å². The van der Waals surface area contributed by atoms with Crippen LogP contribution in [-0.2, 0) is 5.41 Å². The van der Waals surface area contributed by atoms with Crippen LogP contribution in [-0.4, -0.2) is 13.1 Å². The van der Waals surface area contributed by atoms with Crippen LogP contribution in [0.5, 0.6) is 0 Å². The zero-order chi connectivity index (χ0) is 10.2. The van der Waals surface area contributed by atoms with Gasteiger partial charge >= 0.3 is 0 Å². The van der Waals surface area contributed by atoms with E-state index in [1.807, 2.05) is 18.2 Å². The molecular formula is C11H13Cl2N. The third-order valence-electron chi connectivity index (χ3n) is 2.94. The van der Waals surface area contributed by atoms with Crippen molar-refractivity contribution < 1.29 is 0 Å². The Morgan fingerprint density at radius 2 is 1.93 bits per heavy atom. The summed E-state index contributed by atoms with van der Waals surface area (Å²) in [4.78, 5) is 0. The van der Waals surface area contributed by atoms with E-state index in [2.05, 4.69) is 12.2 Å². The lowest BCUT2D eigenvalue weighted by molar-refractivity contribution is 0.525. The van der Waals surface area contributed by atoms with E-state index < -0.39 is 0 Å². The number of rotatable bonds is 1. The minimum Gasteiger partial charge on any atom is -0.316 e. The van der Waals surface area contributed by atoms with Crippen molar-refractivity contribution in [1.82, 2.24) is 5.32 Å². The molecule has 0 aromatic heterocycles. The van der Waals surface area contributed by atoms with Crippen molar-refractivity contribution in [3.63, 3.8) is 0 Å². The molecule has 1 aromatic carbocycles. The van der Waals surface area contributed by atoms with Crippen molar-refractivity contribution in [2.75, 3.05) is 13.1 Å². The molecule has 76 valence electrons. The molecule has 1 fully saturated rings. The van der Waals surface area contributed by atoms with Crippen LogP contribution in [0.4, 0.5) is 0 Å². The fraction of sp³-hybridized carbons (Fsp3) is 0.455. The van der Waals surface area contributed by atoms with Gasteiger partial charge in [0, 0.05) is 22.0 Å². The summed E-state index contributed by atoms with van der Waals surface area (Å²) in [6, 6.07) is 5.71. The molecule has 14 heavy (non-hydrogen) atoms. The molecule has 0 bridgehead atoms. The van der Waals surface area contributed by atoms with Crippen LogP contribution >= 0.6 is 23.2 Å². The molecule has 0 aliphatic carbocycles. The fourth-order valence-electron chi connectivity index (χ4n) is 2.10. The molecule has 0 amide bonds. The molecule has 1 heterocycles. The van der Waals surface area contributed by atoms with Gasteiger partial charge in [-0.2, -0.15) is 0 Å². The standard InChI is InChI=1S/C11H13Cl2N/c1-11(5-6-14-7-11)10-8(12)3-2-4-9(10)13/h2-4,14H,5-7H2,1H3. The third kappa shape index (κ3) is 1.65. The Kier molecular flexibility index (Phi) is 2.74. The van der Waals surface area contributed by atoms with Crippen molar-refractivity contribution in [2.24, 2.45) is 0 Å². The number of benzene rings is 1. The Morgan fingerprint density at radius 1 is 1.29 bits per heavy atom. The third-order valence-corrected chi connectivity index (χ3v) is 3.56. The molecule has 1 nitrogen and oxygen atoms in total. The fourth-order valence-corrected chi connectivity index (χ4v) is 2.96. The molecule has 2 rings (SSSR count). The summed E-state index contributed by atoms with van der Waals surface area (Å²) in [6.45, 7) is 4.20. The normalized spacial score (nSPS) is 26.8. The van der Waals surface area contributed by atoms with Gasteiger partial charge in [0.15, 0.2) is 0 Å². The molecule has 1 N–H and O–H groups in total. The van der Waals surface area contributed by atoms with E-state index in [4.69, 9.17) is 23.2 Å². The second-order valence-corrected chi connectivity index (χ2v) is 4.90. The predicted molar refractivity (Wildman–Crippen MR) is 61.3 cm³/mol. The minimum atomic E-state index is 0.0927. The zero-order valence-electron chi connectivity index (χ0n) is 8.11. The van der Waals surface area contributed by atoms with Crippen LogP contribution in [0.25, 0.3) is 0 Å². The van der Waals surface area contributed by atoms with E-state index in [1.54, 1.807) is 0 Å². The molecule has 3 heteroatoms. The Bertz CT molecular complexity index is 323. The smallest absolute Gasteiger partial charge is 0.0458 e. The van der Waals surface area contributed by atoms with Crippen molar-refractivity contribution in [3.05, 3.63) is 33.8 Å². The monoisotopic (exact) mass is 229 g/mol. The van der Waals surface area contributed by atoms with Gasteiger partial charge in [0.1, 0.15) is 0 Å². The highest BCUT2D eigenvalue weighted by atomic mass is 35.5. The Labute approximate surface area is 94.4 Å². The molecule has 1 unspecified atom stereocenters. The molecule has 1 aromatic rings. The molecular weight excluding hydrogens is 217 g/mol. The van der Waals surface area contributed by atoms with E-state index in [0.717, 1.165) is 35.1 Å². The first-order valence-corrected chi connectivity index (χ1v) is 5.54. The highest BCUT2D eigenvalue weighted by Gasteiger charge is 2.33. The highest BCUT2D eigenvalue weighted by Crippen LogP contribution is 2.39. The quantitative estimate of drug-likeness (QED) is 0.780. The average Bonchev–Trinajstić information content (AvgIpc) is 2.52. The van der Waals surface area contributed by atoms with Gasteiger partial charge in [0.2, 0.25) is 0 Å². The van der Waals surface area contributed by atoms with Gasteiger partial charge in [-0.05, 0) is 30.7 Å². The van der Waals surface area contributed by atoms with Gasteiger partial charge in [-0.1, -0.05) is 36.2 Å². The SMILES string of the molecule is CC1(c2c(Cl)cccc2Cl)CCNC1. The Morgan fingerprint density at radius 3 is 2.43 bits per heavy atom. The first-order valence-electron chi connectivity index (χ1n) is 4.79. The summed E-state index contributed by atoms with van der Waals surface area (Å²) in [5.41, 5.74) is 1.18. The minimum absolute atomic E-state index is 0.0927. The maximum atomic E-state index is 6.19. The summed E-state index contributed by atoms with van der Waals surface area (Å²) in [7, 11) is 0. The summed E-state index contributed by atoms with van der Waals surface area (Å²) in [6.07, 6.45) is 1.09. The molecule has 1 aliphatic rings. The van der Waals surface area contributed by atoms with Crippen LogP contribution in [0.2, 0.25) is 10.0 Å². The van der Waals surface area contributed by atoms with Gasteiger partial charge in [-0.25, -0.2) is 0 Å². The van der Waals surface area contributed by atoms with Crippen molar-refractivity contribution in [2.45, 2.75) is 18.8 Å². The predicted octanol–water partition coefficient (Wildman–Crippen LogP) is 3.24. The lowest BCUT2D eigenvalue weighted by Gasteiger charge is -2.25. The summed E-state index contributed by atoms with van der Waals surface area (Å²) in [5, 5.41) is 4.91. The van der Waals surface area contributed by atoms with Crippen LogP contribution in [0.3, 0.4) is 0 Å². The Hall–Kier alpha value is -0.240. The first kappa shape index (κ1) is 10.3. The molecule has 1 aliphatic heterocycles. The van der Waals surface area contributed by atoms with Gasteiger partial charge < -0.3 is 5.32 Å². The van der Waals surface area contributed by atoms with Crippen LogP contribution in [0.1, 0.15) is 18.9 Å². The number of hydrogen-bond donors (Lipinski definition) is 1. The molecule has 0 spiro atoms. The number of nitrogens with one attached hydrogen (secondary N) is 1. The topological polar surface area (TPSA) is 12.0 Å². The van der Waals surface area contributed by atoms with Gasteiger partial charge in [0.25, 0.3) is 0 Å². The highest BCUT2D eigenvalue weighted by molar-refractivity contribution is 6.36. The van der Waals surface area contributed by atoms with Crippen LogP contribution in [0, 0.1) is 0 Å². The van der Waals surface area contributed by atoms with Crippen molar-refractivity contribution >= 4 is 23.2 Å². The van der Waals surface area contributed by atoms with Crippen LogP contribution < -0.4 is 5.32 Å². The van der Waals surface area contributed by atoms with E-state index in [9.17, 15) is 0 Å². The number of halogens is 2. The van der Waals surface area contributed by atoms with E-state index in [-0.39, 0.29) is 5.41 Å². The second-order valence-electron chi connectivity index (χ2n) is 4.08. The lowest BCUT2D eigenvalue weighted by Crippen LogP contribution is -2.25. The molecule has 0 saturated carbocycles.